The summed E-state index contributed by atoms with van der Waals surface area (Å²) in [6, 6.07) is 0.0209. The summed E-state index contributed by atoms with van der Waals surface area (Å²) < 4.78 is 7.15. The lowest BCUT2D eigenvalue weighted by Crippen LogP contribution is -2.45. The summed E-state index contributed by atoms with van der Waals surface area (Å²) >= 11 is 0. The Bertz CT molecular complexity index is 820. The van der Waals surface area contributed by atoms with Crippen LogP contribution in [0.3, 0.4) is 0 Å². The number of carbonyl (C=O) groups excluding carboxylic acids is 1. The summed E-state index contributed by atoms with van der Waals surface area (Å²) in [5, 5.41) is 6.43. The predicted octanol–water partition coefficient (Wildman–Crippen LogP) is 0.741. The Labute approximate surface area is 126 Å². The van der Waals surface area contributed by atoms with Gasteiger partial charge in [-0.15, -0.1) is 0 Å². The lowest BCUT2D eigenvalue weighted by molar-refractivity contribution is 0.0615. The molecular formula is C14H19N5O3. The summed E-state index contributed by atoms with van der Waals surface area (Å²) in [6.07, 6.45) is 0. The lowest BCUT2D eigenvalue weighted by Gasteiger charge is -2.36. The standard InChI is InChI=1S/C14H19N5O3/c1-6(2)18-5-7(3)19-9-8(13(20)17-16-12(9)15)11(22-4)10(19)14(18)21/h6-7H,5H2,1-4H3,(H2,15,16)(H,17,20)/t7-/m0/s1. The molecule has 1 atom stereocenters. The number of rotatable bonds is 2. The predicted molar refractivity (Wildman–Crippen MR) is 82.2 cm³/mol. The van der Waals surface area contributed by atoms with Crippen LogP contribution in [0.1, 0.15) is 37.3 Å². The van der Waals surface area contributed by atoms with E-state index in [0.717, 1.165) is 0 Å². The minimum atomic E-state index is -0.418. The van der Waals surface area contributed by atoms with E-state index in [9.17, 15) is 9.59 Å². The van der Waals surface area contributed by atoms with Gasteiger partial charge in [-0.3, -0.25) is 9.59 Å². The number of nitrogens with one attached hydrogen (secondary N) is 1. The highest BCUT2D eigenvalue weighted by atomic mass is 16.5. The zero-order chi connectivity index (χ0) is 16.2. The van der Waals surface area contributed by atoms with Crippen LogP contribution in [0, 0.1) is 0 Å². The number of aromatic nitrogens is 3. The fraction of sp³-hybridized carbons (Fsp3) is 0.500. The normalized spacial score (nSPS) is 18.1. The van der Waals surface area contributed by atoms with Crippen molar-refractivity contribution in [3.63, 3.8) is 0 Å². The number of carbonyl (C=O) groups is 1. The van der Waals surface area contributed by atoms with Crippen molar-refractivity contribution in [1.29, 1.82) is 0 Å². The SMILES string of the molecule is COc1c2n(c3c(N)n[nH]c(=O)c13)[C@@H](C)CN(C(C)C)C2=O. The highest BCUT2D eigenvalue weighted by Crippen LogP contribution is 2.39. The molecule has 3 heterocycles. The largest absolute Gasteiger partial charge is 0.493 e. The molecule has 0 saturated carbocycles. The Morgan fingerprint density at radius 1 is 1.41 bits per heavy atom. The first-order chi connectivity index (χ1) is 10.4. The van der Waals surface area contributed by atoms with Crippen molar-refractivity contribution in [2.75, 3.05) is 19.4 Å². The number of aromatic amines is 1. The van der Waals surface area contributed by atoms with E-state index < -0.39 is 5.56 Å². The number of hydrogen-bond donors (Lipinski definition) is 2. The maximum absolute atomic E-state index is 12.8. The van der Waals surface area contributed by atoms with Gasteiger partial charge in [0, 0.05) is 18.6 Å². The quantitative estimate of drug-likeness (QED) is 0.851. The van der Waals surface area contributed by atoms with Gasteiger partial charge in [-0.25, -0.2) is 5.10 Å². The van der Waals surface area contributed by atoms with Gasteiger partial charge in [-0.2, -0.15) is 5.10 Å². The van der Waals surface area contributed by atoms with Crippen LogP contribution in [0.5, 0.6) is 5.75 Å². The van der Waals surface area contributed by atoms with Crippen LogP contribution < -0.4 is 16.0 Å². The molecule has 8 nitrogen and oxygen atoms in total. The first-order valence-electron chi connectivity index (χ1n) is 7.15. The number of amides is 1. The molecule has 118 valence electrons. The third-order valence-corrected chi connectivity index (χ3v) is 4.10. The summed E-state index contributed by atoms with van der Waals surface area (Å²) in [4.78, 5) is 26.8. The van der Waals surface area contributed by atoms with Gasteiger partial charge >= 0.3 is 0 Å². The zero-order valence-corrected chi connectivity index (χ0v) is 13.0. The van der Waals surface area contributed by atoms with E-state index in [1.807, 2.05) is 20.8 Å². The Morgan fingerprint density at radius 3 is 2.68 bits per heavy atom. The van der Waals surface area contributed by atoms with E-state index in [-0.39, 0.29) is 34.9 Å². The summed E-state index contributed by atoms with van der Waals surface area (Å²) in [6.45, 7) is 6.43. The fourth-order valence-corrected chi connectivity index (χ4v) is 3.12. The number of H-pyrrole nitrogens is 1. The Kier molecular flexibility index (Phi) is 3.12. The molecule has 0 bridgehead atoms. The summed E-state index contributed by atoms with van der Waals surface area (Å²) in [5.74, 6) is 0.268. The Morgan fingerprint density at radius 2 is 2.09 bits per heavy atom. The topological polar surface area (TPSA) is 106 Å². The van der Waals surface area contributed by atoms with Gasteiger partial charge in [0.25, 0.3) is 11.5 Å². The van der Waals surface area contributed by atoms with Crippen molar-refractivity contribution >= 4 is 22.6 Å². The van der Waals surface area contributed by atoms with Gasteiger partial charge in [0.15, 0.2) is 17.3 Å². The number of methoxy groups -OCH3 is 1. The monoisotopic (exact) mass is 305 g/mol. The maximum atomic E-state index is 12.8. The average Bonchev–Trinajstić information content (AvgIpc) is 2.83. The number of ether oxygens (including phenoxy) is 1. The molecule has 1 aliphatic heterocycles. The molecule has 0 aromatic carbocycles. The Balaban J connectivity index is 2.44. The van der Waals surface area contributed by atoms with Gasteiger partial charge in [0.1, 0.15) is 10.9 Å². The van der Waals surface area contributed by atoms with E-state index in [2.05, 4.69) is 10.2 Å². The third-order valence-electron chi connectivity index (χ3n) is 4.10. The summed E-state index contributed by atoms with van der Waals surface area (Å²) in [7, 11) is 1.44. The van der Waals surface area contributed by atoms with E-state index in [1.54, 1.807) is 9.47 Å². The second kappa shape index (κ2) is 4.75. The van der Waals surface area contributed by atoms with Crippen LogP contribution in [0.25, 0.3) is 10.9 Å². The van der Waals surface area contributed by atoms with E-state index >= 15 is 0 Å². The number of nitrogens with zero attached hydrogens (tertiary/aromatic N) is 3. The number of hydrogen-bond acceptors (Lipinski definition) is 5. The molecule has 2 aromatic rings. The van der Waals surface area contributed by atoms with E-state index in [1.165, 1.54) is 7.11 Å². The molecule has 3 N–H and O–H groups in total. The fourth-order valence-electron chi connectivity index (χ4n) is 3.12. The van der Waals surface area contributed by atoms with Crippen molar-refractivity contribution < 1.29 is 9.53 Å². The van der Waals surface area contributed by atoms with Crippen molar-refractivity contribution in [3.05, 3.63) is 16.0 Å². The molecule has 22 heavy (non-hydrogen) atoms. The first-order valence-corrected chi connectivity index (χ1v) is 7.15. The number of fused-ring (bicyclic) bond motifs is 3. The highest BCUT2D eigenvalue weighted by molar-refractivity contribution is 6.06. The first kappa shape index (κ1) is 14.4. The van der Waals surface area contributed by atoms with Crippen molar-refractivity contribution in [2.45, 2.75) is 32.9 Å². The molecule has 0 spiro atoms. The molecule has 1 amide bonds. The molecule has 0 saturated heterocycles. The third kappa shape index (κ3) is 1.73. The molecule has 3 rings (SSSR count). The number of anilines is 1. The van der Waals surface area contributed by atoms with Gasteiger partial charge < -0.3 is 19.9 Å². The zero-order valence-electron chi connectivity index (χ0n) is 13.0. The van der Waals surface area contributed by atoms with Gasteiger partial charge in [0.05, 0.1) is 7.11 Å². The smallest absolute Gasteiger partial charge is 0.277 e. The van der Waals surface area contributed by atoms with Crippen LogP contribution in [0.15, 0.2) is 4.79 Å². The van der Waals surface area contributed by atoms with E-state index in [4.69, 9.17) is 10.5 Å². The van der Waals surface area contributed by atoms with Gasteiger partial charge in [0.2, 0.25) is 0 Å². The van der Waals surface area contributed by atoms with Gasteiger partial charge in [-0.1, -0.05) is 0 Å². The molecule has 0 fully saturated rings. The van der Waals surface area contributed by atoms with Crippen LogP contribution in [0.4, 0.5) is 5.82 Å². The van der Waals surface area contributed by atoms with Crippen LogP contribution >= 0.6 is 0 Å². The molecule has 8 heteroatoms. The van der Waals surface area contributed by atoms with Crippen molar-refractivity contribution in [3.8, 4) is 5.75 Å². The van der Waals surface area contributed by atoms with Crippen LogP contribution in [-0.2, 0) is 0 Å². The maximum Gasteiger partial charge on any atom is 0.277 e. The number of nitrogens with two attached hydrogens (primary N) is 1. The van der Waals surface area contributed by atoms with Crippen LogP contribution in [0.2, 0.25) is 0 Å². The lowest BCUT2D eigenvalue weighted by atomic mass is 10.1. The second-order valence-electron chi connectivity index (χ2n) is 5.81. The minimum absolute atomic E-state index is 0.0348. The van der Waals surface area contributed by atoms with Crippen molar-refractivity contribution in [2.24, 2.45) is 0 Å². The molecular weight excluding hydrogens is 286 g/mol. The molecule has 0 radical (unpaired) electrons. The number of nitrogen functional groups attached to an aromatic ring is 1. The molecule has 0 aliphatic carbocycles. The highest BCUT2D eigenvalue weighted by Gasteiger charge is 2.37. The van der Waals surface area contributed by atoms with E-state index in [0.29, 0.717) is 17.8 Å². The van der Waals surface area contributed by atoms with Gasteiger partial charge in [-0.05, 0) is 20.8 Å². The molecule has 2 aromatic heterocycles. The summed E-state index contributed by atoms with van der Waals surface area (Å²) in [5.41, 5.74) is 6.33. The Hall–Kier alpha value is -2.51. The van der Waals surface area contributed by atoms with Crippen molar-refractivity contribution in [1.82, 2.24) is 19.7 Å². The molecule has 1 aliphatic rings. The second-order valence-corrected chi connectivity index (χ2v) is 5.81. The average molecular weight is 305 g/mol. The minimum Gasteiger partial charge on any atom is -0.493 e. The molecule has 0 unspecified atom stereocenters. The van der Waals surface area contributed by atoms with Crippen LogP contribution in [-0.4, -0.2) is 45.3 Å².